The number of aliphatic hydroxyl groups excluding tert-OH is 1. The van der Waals surface area contributed by atoms with E-state index in [4.69, 9.17) is 9.47 Å². The van der Waals surface area contributed by atoms with Crippen molar-refractivity contribution in [2.24, 2.45) is 0 Å². The molecule has 9 nitrogen and oxygen atoms in total. The van der Waals surface area contributed by atoms with Gasteiger partial charge < -0.3 is 24.5 Å². The summed E-state index contributed by atoms with van der Waals surface area (Å²) >= 11 is 0. The van der Waals surface area contributed by atoms with Crippen LogP contribution in [0.1, 0.15) is 71.7 Å². The number of hydrogen-bond acceptors (Lipinski definition) is 7. The van der Waals surface area contributed by atoms with Crippen molar-refractivity contribution in [1.82, 2.24) is 14.8 Å². The lowest BCUT2D eigenvalue weighted by molar-refractivity contribution is -0.140. The minimum Gasteiger partial charge on any atom is -0.507 e. The third-order valence-corrected chi connectivity index (χ3v) is 7.67. The van der Waals surface area contributed by atoms with Crippen LogP contribution in [0, 0.1) is 13.8 Å². The number of amides is 1. The van der Waals surface area contributed by atoms with Crippen LogP contribution in [-0.4, -0.2) is 84.1 Å². The number of H-pyrrole nitrogens is 1. The number of aliphatic hydroxyl groups is 1. The lowest BCUT2D eigenvalue weighted by atomic mass is 9.85. The summed E-state index contributed by atoms with van der Waals surface area (Å²) in [7, 11) is 1.28. The van der Waals surface area contributed by atoms with Gasteiger partial charge in [-0.05, 0) is 42.4 Å². The molecule has 9 heteroatoms. The molecule has 39 heavy (non-hydrogen) atoms. The van der Waals surface area contributed by atoms with E-state index in [0.29, 0.717) is 43.0 Å². The number of methoxy groups -OCH3 is 1. The van der Waals surface area contributed by atoms with Crippen molar-refractivity contribution in [3.8, 4) is 0 Å². The minimum absolute atomic E-state index is 0.0245. The first-order valence-corrected chi connectivity index (χ1v) is 13.4. The number of rotatable bonds is 7. The largest absolute Gasteiger partial charge is 0.507 e. The monoisotopic (exact) mass is 537 g/mol. The number of aryl methyl sites for hydroxylation is 1. The molecule has 2 aliphatic heterocycles. The molecular formula is C30H39N3O6. The number of carbonyl (C=O) groups excluding carboxylic acids is 3. The SMILES string of the molecule is COC(=O)c1[nH]c(C)c(/C(O)=C2\C(=O)C(=O)N(CCCN3CCOCC3)C2c2ccc(C(C)(C)C)cc2)c1C. The fourth-order valence-electron chi connectivity index (χ4n) is 5.46. The van der Waals surface area contributed by atoms with E-state index in [1.165, 1.54) is 7.11 Å². The molecule has 0 bridgehead atoms. The van der Waals surface area contributed by atoms with E-state index >= 15 is 0 Å². The molecule has 2 N–H and O–H groups in total. The van der Waals surface area contributed by atoms with Crippen LogP contribution in [0.5, 0.6) is 0 Å². The van der Waals surface area contributed by atoms with Gasteiger partial charge in [0.25, 0.3) is 11.7 Å². The molecule has 1 aromatic heterocycles. The van der Waals surface area contributed by atoms with Crippen LogP contribution in [0.25, 0.3) is 5.76 Å². The summed E-state index contributed by atoms with van der Waals surface area (Å²) in [4.78, 5) is 46.0. The molecule has 3 heterocycles. The number of nitrogens with zero attached hydrogens (tertiary/aromatic N) is 2. The van der Waals surface area contributed by atoms with E-state index in [0.717, 1.165) is 30.8 Å². The van der Waals surface area contributed by atoms with Crippen molar-refractivity contribution in [2.45, 2.75) is 52.5 Å². The molecule has 4 rings (SSSR count). The molecule has 210 valence electrons. The van der Waals surface area contributed by atoms with Gasteiger partial charge in [-0.25, -0.2) is 4.79 Å². The summed E-state index contributed by atoms with van der Waals surface area (Å²) in [5, 5.41) is 11.6. The average molecular weight is 538 g/mol. The zero-order valence-electron chi connectivity index (χ0n) is 23.7. The van der Waals surface area contributed by atoms with Gasteiger partial charge in [0, 0.05) is 37.4 Å². The molecule has 2 aliphatic rings. The Morgan fingerprint density at radius 3 is 2.33 bits per heavy atom. The number of ketones is 1. The first-order chi connectivity index (χ1) is 18.5. The van der Waals surface area contributed by atoms with Gasteiger partial charge in [-0.15, -0.1) is 0 Å². The van der Waals surface area contributed by atoms with Crippen LogP contribution < -0.4 is 0 Å². The molecule has 0 saturated carbocycles. The van der Waals surface area contributed by atoms with Crippen molar-refractivity contribution < 1.29 is 29.0 Å². The number of ether oxygens (including phenoxy) is 2. The van der Waals surface area contributed by atoms with E-state index < -0.39 is 23.7 Å². The average Bonchev–Trinajstić information content (AvgIpc) is 3.35. The molecule has 2 aromatic rings. The van der Waals surface area contributed by atoms with Gasteiger partial charge in [-0.1, -0.05) is 45.0 Å². The van der Waals surface area contributed by atoms with Crippen LogP contribution in [0.3, 0.4) is 0 Å². The van der Waals surface area contributed by atoms with Gasteiger partial charge in [-0.2, -0.15) is 0 Å². The highest BCUT2D eigenvalue weighted by atomic mass is 16.5. The molecule has 1 aromatic carbocycles. The molecule has 0 radical (unpaired) electrons. The van der Waals surface area contributed by atoms with E-state index in [1.54, 1.807) is 18.7 Å². The van der Waals surface area contributed by atoms with Gasteiger partial charge in [-0.3, -0.25) is 14.5 Å². The van der Waals surface area contributed by atoms with Gasteiger partial charge in [0.05, 0.1) is 31.9 Å². The van der Waals surface area contributed by atoms with Crippen LogP contribution >= 0.6 is 0 Å². The zero-order valence-corrected chi connectivity index (χ0v) is 23.7. The number of likely N-dealkylation sites (tertiary alicyclic amines) is 1. The number of nitrogens with one attached hydrogen (secondary N) is 1. The number of morpholine rings is 1. The Balaban J connectivity index is 1.76. The Morgan fingerprint density at radius 2 is 1.74 bits per heavy atom. The quantitative estimate of drug-likeness (QED) is 0.239. The molecule has 2 fully saturated rings. The van der Waals surface area contributed by atoms with Crippen molar-refractivity contribution in [3.63, 3.8) is 0 Å². The highest BCUT2D eigenvalue weighted by Gasteiger charge is 2.46. The molecule has 0 aliphatic carbocycles. The minimum atomic E-state index is -0.751. The standard InChI is InChI=1S/C30H39N3O6/c1-18-22(19(2)31-24(18)29(37)38-6)26(34)23-25(20-8-10-21(11-9-20)30(3,4)5)33(28(36)27(23)35)13-7-12-32-14-16-39-17-15-32/h8-11,25,31,34H,7,12-17H2,1-6H3/b26-23+. The molecule has 1 atom stereocenters. The maximum Gasteiger partial charge on any atom is 0.354 e. The Morgan fingerprint density at radius 1 is 1.10 bits per heavy atom. The van der Waals surface area contributed by atoms with Crippen LogP contribution in [-0.2, 0) is 24.5 Å². The normalized spacial score (nSPS) is 20.1. The lowest BCUT2D eigenvalue weighted by Crippen LogP contribution is -2.39. The smallest absolute Gasteiger partial charge is 0.354 e. The zero-order chi connectivity index (χ0) is 28.5. The van der Waals surface area contributed by atoms with Crippen molar-refractivity contribution in [3.05, 3.63) is 63.5 Å². The molecule has 2 saturated heterocycles. The van der Waals surface area contributed by atoms with Crippen molar-refractivity contribution >= 4 is 23.4 Å². The second-order valence-electron chi connectivity index (χ2n) is 11.3. The van der Waals surface area contributed by atoms with Gasteiger partial charge >= 0.3 is 5.97 Å². The fourth-order valence-corrected chi connectivity index (χ4v) is 5.46. The summed E-state index contributed by atoms with van der Waals surface area (Å²) < 4.78 is 10.3. The summed E-state index contributed by atoms with van der Waals surface area (Å²) in [5.74, 6) is -2.24. The fraction of sp³-hybridized carbons (Fsp3) is 0.500. The highest BCUT2D eigenvalue weighted by Crippen LogP contribution is 2.41. The molecule has 0 spiro atoms. The van der Waals surface area contributed by atoms with Gasteiger partial charge in [0.2, 0.25) is 0 Å². The maximum atomic E-state index is 13.5. The number of carbonyl (C=O) groups is 3. The summed E-state index contributed by atoms with van der Waals surface area (Å²) in [6.45, 7) is 13.9. The number of aromatic nitrogens is 1. The Labute approximate surface area is 229 Å². The van der Waals surface area contributed by atoms with Crippen LogP contribution in [0.2, 0.25) is 0 Å². The Bertz CT molecular complexity index is 1280. The number of aromatic amines is 1. The number of esters is 1. The second-order valence-corrected chi connectivity index (χ2v) is 11.3. The summed E-state index contributed by atoms with van der Waals surface area (Å²) in [6, 6.07) is 7.11. The first kappa shape index (κ1) is 28.6. The number of hydrogen-bond donors (Lipinski definition) is 2. The van der Waals surface area contributed by atoms with Gasteiger partial charge in [0.1, 0.15) is 11.5 Å². The summed E-state index contributed by atoms with van der Waals surface area (Å²) in [5.41, 5.74) is 3.31. The predicted octanol–water partition coefficient (Wildman–Crippen LogP) is 3.86. The predicted molar refractivity (Wildman–Crippen MR) is 148 cm³/mol. The number of benzene rings is 1. The van der Waals surface area contributed by atoms with Crippen LogP contribution in [0.4, 0.5) is 0 Å². The lowest BCUT2D eigenvalue weighted by Gasteiger charge is -2.29. The third-order valence-electron chi connectivity index (χ3n) is 7.67. The Hall–Kier alpha value is -3.43. The molecular weight excluding hydrogens is 498 g/mol. The Kier molecular flexibility index (Phi) is 8.32. The molecule has 1 unspecified atom stereocenters. The maximum absolute atomic E-state index is 13.5. The van der Waals surface area contributed by atoms with E-state index in [2.05, 4.69) is 30.7 Å². The molecule has 1 amide bonds. The third kappa shape index (κ3) is 5.65. The van der Waals surface area contributed by atoms with Gasteiger partial charge in [0.15, 0.2) is 0 Å². The van der Waals surface area contributed by atoms with Crippen molar-refractivity contribution in [2.75, 3.05) is 46.5 Å². The topological polar surface area (TPSA) is 112 Å². The second kappa shape index (κ2) is 11.4. The van der Waals surface area contributed by atoms with E-state index in [9.17, 15) is 19.5 Å². The highest BCUT2D eigenvalue weighted by molar-refractivity contribution is 6.46. The van der Waals surface area contributed by atoms with E-state index in [-0.39, 0.29) is 22.4 Å². The number of Topliss-reactive ketones (excluding diaryl/α,β-unsaturated/α-hetero) is 1. The van der Waals surface area contributed by atoms with E-state index in [1.807, 2.05) is 24.3 Å². The van der Waals surface area contributed by atoms with Crippen LogP contribution in [0.15, 0.2) is 29.8 Å². The summed E-state index contributed by atoms with van der Waals surface area (Å²) in [6.07, 6.45) is 0.679. The first-order valence-electron chi connectivity index (χ1n) is 13.4. The van der Waals surface area contributed by atoms with Crippen molar-refractivity contribution in [1.29, 1.82) is 0 Å².